The first-order valence-electron chi connectivity index (χ1n) is 8.30. The molecule has 2 aliphatic carbocycles. The summed E-state index contributed by atoms with van der Waals surface area (Å²) in [4.78, 5) is 0. The maximum Gasteiger partial charge on any atom is 0.0470 e. The van der Waals surface area contributed by atoms with Gasteiger partial charge in [0.15, 0.2) is 0 Å². The van der Waals surface area contributed by atoms with E-state index in [1.807, 2.05) is 6.08 Å². The number of hydrogen-bond acceptors (Lipinski definition) is 1. The van der Waals surface area contributed by atoms with Crippen molar-refractivity contribution in [1.82, 2.24) is 0 Å². The van der Waals surface area contributed by atoms with Crippen molar-refractivity contribution in [2.75, 3.05) is 6.61 Å². The lowest BCUT2D eigenvalue weighted by molar-refractivity contribution is 0.134. The molecule has 2 unspecified atom stereocenters. The van der Waals surface area contributed by atoms with Gasteiger partial charge in [0, 0.05) is 12.5 Å². The second-order valence-corrected chi connectivity index (χ2v) is 6.70. The van der Waals surface area contributed by atoms with E-state index in [-0.39, 0.29) is 0 Å². The van der Waals surface area contributed by atoms with Gasteiger partial charge in [0.25, 0.3) is 0 Å². The molecular formula is C20H26O. The van der Waals surface area contributed by atoms with Crippen LogP contribution in [0.15, 0.2) is 30.4 Å². The zero-order valence-corrected chi connectivity index (χ0v) is 13.0. The fourth-order valence-corrected chi connectivity index (χ4v) is 4.36. The summed E-state index contributed by atoms with van der Waals surface area (Å²) in [6, 6.07) is 6.60. The molecule has 1 aromatic carbocycles. The third kappa shape index (κ3) is 2.72. The fourth-order valence-electron chi connectivity index (χ4n) is 4.36. The molecule has 0 aromatic heterocycles. The molecule has 112 valence electrons. The zero-order chi connectivity index (χ0) is 14.8. The van der Waals surface area contributed by atoms with Crippen LogP contribution < -0.4 is 0 Å². The predicted octanol–water partition coefficient (Wildman–Crippen LogP) is 5.02. The van der Waals surface area contributed by atoms with Crippen LogP contribution in [0.5, 0.6) is 0 Å². The number of rotatable bonds is 4. The van der Waals surface area contributed by atoms with Crippen molar-refractivity contribution >= 4 is 12.2 Å². The molecule has 1 saturated carbocycles. The summed E-state index contributed by atoms with van der Waals surface area (Å²) in [6.45, 7) is 6.42. The number of aliphatic hydroxyl groups excluding tert-OH is 1. The van der Waals surface area contributed by atoms with Crippen molar-refractivity contribution in [2.45, 2.75) is 44.9 Å². The highest BCUT2D eigenvalue weighted by molar-refractivity contribution is 5.68. The van der Waals surface area contributed by atoms with Gasteiger partial charge >= 0.3 is 0 Å². The zero-order valence-electron chi connectivity index (χ0n) is 13.0. The van der Waals surface area contributed by atoms with E-state index in [0.717, 1.165) is 0 Å². The smallest absolute Gasteiger partial charge is 0.0470 e. The van der Waals surface area contributed by atoms with Gasteiger partial charge in [-0.2, -0.15) is 0 Å². The van der Waals surface area contributed by atoms with Gasteiger partial charge in [-0.3, -0.25) is 0 Å². The quantitative estimate of drug-likeness (QED) is 0.822. The summed E-state index contributed by atoms with van der Waals surface area (Å²) >= 11 is 0. The first-order chi connectivity index (χ1) is 10.2. The van der Waals surface area contributed by atoms with E-state index in [0.29, 0.717) is 24.4 Å². The third-order valence-electron chi connectivity index (χ3n) is 5.45. The second-order valence-electron chi connectivity index (χ2n) is 6.70. The van der Waals surface area contributed by atoms with Crippen LogP contribution in [0.25, 0.3) is 12.2 Å². The van der Waals surface area contributed by atoms with Gasteiger partial charge < -0.3 is 5.11 Å². The number of fused-ring (bicyclic) bond motifs is 1. The van der Waals surface area contributed by atoms with Gasteiger partial charge in [0.2, 0.25) is 0 Å². The molecule has 1 aromatic rings. The summed E-state index contributed by atoms with van der Waals surface area (Å²) in [7, 11) is 0. The Morgan fingerprint density at radius 2 is 2.05 bits per heavy atom. The number of hydrogen-bond donors (Lipinski definition) is 1. The fraction of sp³-hybridized carbons (Fsp3) is 0.500. The Balaban J connectivity index is 1.94. The van der Waals surface area contributed by atoms with Crippen LogP contribution in [0.3, 0.4) is 0 Å². The van der Waals surface area contributed by atoms with E-state index < -0.39 is 0 Å². The van der Waals surface area contributed by atoms with Crippen molar-refractivity contribution in [2.24, 2.45) is 11.8 Å². The molecule has 3 rings (SSSR count). The Morgan fingerprint density at radius 1 is 1.29 bits per heavy atom. The lowest BCUT2D eigenvalue weighted by Gasteiger charge is -2.34. The minimum atomic E-state index is 0.304. The molecule has 0 radical (unpaired) electrons. The van der Waals surface area contributed by atoms with E-state index in [1.54, 1.807) is 0 Å². The van der Waals surface area contributed by atoms with Crippen molar-refractivity contribution in [3.05, 3.63) is 47.0 Å². The average Bonchev–Trinajstić information content (AvgIpc) is 2.85. The van der Waals surface area contributed by atoms with Gasteiger partial charge in [-0.25, -0.2) is 0 Å². The first-order valence-corrected chi connectivity index (χ1v) is 8.30. The van der Waals surface area contributed by atoms with Gasteiger partial charge in [0.05, 0.1) is 0 Å². The van der Waals surface area contributed by atoms with Crippen molar-refractivity contribution in [3.63, 3.8) is 0 Å². The molecule has 0 aliphatic heterocycles. The molecule has 0 bridgehead atoms. The predicted molar refractivity (Wildman–Crippen MR) is 90.1 cm³/mol. The topological polar surface area (TPSA) is 20.2 Å². The van der Waals surface area contributed by atoms with E-state index in [2.05, 4.69) is 37.8 Å². The second kappa shape index (κ2) is 6.19. The number of allylic oxidation sites excluding steroid dienone is 1. The lowest BCUT2D eigenvalue weighted by Crippen LogP contribution is -2.27. The largest absolute Gasteiger partial charge is 0.396 e. The molecule has 1 N–H and O–H groups in total. The Hall–Kier alpha value is -1.34. The van der Waals surface area contributed by atoms with E-state index in [1.165, 1.54) is 54.4 Å². The number of benzene rings is 1. The van der Waals surface area contributed by atoms with E-state index in [4.69, 9.17) is 0 Å². The molecule has 1 nitrogen and oxygen atoms in total. The van der Waals surface area contributed by atoms with Crippen LogP contribution in [-0.4, -0.2) is 11.7 Å². The standard InChI is InChI=1S/C20H26O/c1-3-15-9-10-17-11-14(2)20(18(17)12-15)19(13-21)16-7-5-4-6-8-16/h3,9-12,16,19-21H,1,4-8,13H2,2H3. The Bertz CT molecular complexity index is 549. The average molecular weight is 282 g/mol. The summed E-state index contributed by atoms with van der Waals surface area (Å²) in [5.41, 5.74) is 5.32. The van der Waals surface area contributed by atoms with Crippen LogP contribution >= 0.6 is 0 Å². The highest BCUT2D eigenvalue weighted by Gasteiger charge is 2.35. The molecule has 1 fully saturated rings. The highest BCUT2D eigenvalue weighted by Crippen LogP contribution is 2.46. The van der Waals surface area contributed by atoms with Gasteiger partial charge in [-0.1, -0.05) is 74.6 Å². The highest BCUT2D eigenvalue weighted by atomic mass is 16.3. The third-order valence-corrected chi connectivity index (χ3v) is 5.45. The maximum absolute atomic E-state index is 10.1. The number of aliphatic hydroxyl groups is 1. The van der Waals surface area contributed by atoms with Gasteiger partial charge in [-0.05, 0) is 35.4 Å². The maximum atomic E-state index is 10.1. The molecule has 1 heteroatoms. The summed E-state index contributed by atoms with van der Waals surface area (Å²) < 4.78 is 0. The molecule has 2 aliphatic rings. The van der Waals surface area contributed by atoms with Crippen molar-refractivity contribution < 1.29 is 5.11 Å². The molecule has 0 saturated heterocycles. The summed E-state index contributed by atoms with van der Waals surface area (Å²) in [5.74, 6) is 1.45. The normalized spacial score (nSPS) is 23.5. The monoisotopic (exact) mass is 282 g/mol. The SMILES string of the molecule is C=Cc1ccc2c(c1)C(C(CO)C1CCCCC1)C(C)=C2. The molecule has 0 heterocycles. The molecular weight excluding hydrogens is 256 g/mol. The minimum Gasteiger partial charge on any atom is -0.396 e. The van der Waals surface area contributed by atoms with E-state index >= 15 is 0 Å². The van der Waals surface area contributed by atoms with Crippen LogP contribution in [0.1, 0.15) is 61.6 Å². The Morgan fingerprint density at radius 3 is 2.71 bits per heavy atom. The Kier molecular flexibility index (Phi) is 4.30. The molecule has 2 atom stereocenters. The minimum absolute atomic E-state index is 0.304. The van der Waals surface area contributed by atoms with Crippen LogP contribution in [0, 0.1) is 11.8 Å². The van der Waals surface area contributed by atoms with Crippen molar-refractivity contribution in [3.8, 4) is 0 Å². The first kappa shape index (κ1) is 14.6. The molecule has 0 spiro atoms. The van der Waals surface area contributed by atoms with Crippen LogP contribution in [0.2, 0.25) is 0 Å². The molecule has 21 heavy (non-hydrogen) atoms. The van der Waals surface area contributed by atoms with Crippen LogP contribution in [0.4, 0.5) is 0 Å². The summed E-state index contributed by atoms with van der Waals surface area (Å²) in [5, 5.41) is 10.1. The van der Waals surface area contributed by atoms with Crippen LogP contribution in [-0.2, 0) is 0 Å². The van der Waals surface area contributed by atoms with Crippen molar-refractivity contribution in [1.29, 1.82) is 0 Å². The summed E-state index contributed by atoms with van der Waals surface area (Å²) in [6.07, 6.45) is 10.8. The van der Waals surface area contributed by atoms with Gasteiger partial charge in [0.1, 0.15) is 0 Å². The Labute approximate surface area is 128 Å². The van der Waals surface area contributed by atoms with E-state index in [9.17, 15) is 5.11 Å². The lowest BCUT2D eigenvalue weighted by atomic mass is 9.71. The van der Waals surface area contributed by atoms with Gasteiger partial charge in [-0.15, -0.1) is 0 Å². The molecule has 0 amide bonds.